The van der Waals surface area contributed by atoms with E-state index in [2.05, 4.69) is 52.0 Å². The third kappa shape index (κ3) is 4.49. The fraction of sp³-hybridized carbons (Fsp3) is 0.391. The van der Waals surface area contributed by atoms with Crippen molar-refractivity contribution in [2.24, 2.45) is 0 Å². The monoisotopic (exact) mass is 392 g/mol. The van der Waals surface area contributed by atoms with Crippen LogP contribution in [-0.2, 0) is 17.8 Å². The summed E-state index contributed by atoms with van der Waals surface area (Å²) in [6.45, 7) is 8.23. The van der Waals surface area contributed by atoms with Gasteiger partial charge in [0.2, 0.25) is 0 Å². The highest BCUT2D eigenvalue weighted by molar-refractivity contribution is 5.88. The van der Waals surface area contributed by atoms with Crippen molar-refractivity contribution in [3.05, 3.63) is 71.2 Å². The van der Waals surface area contributed by atoms with E-state index in [1.165, 1.54) is 18.2 Å². The number of hydrogen-bond acceptors (Lipinski definition) is 5. The van der Waals surface area contributed by atoms with E-state index in [0.717, 1.165) is 56.9 Å². The number of methoxy groups -OCH3 is 1. The number of hydrogen-bond donors (Lipinski definition) is 0. The van der Waals surface area contributed by atoms with Gasteiger partial charge in [0.15, 0.2) is 5.69 Å². The van der Waals surface area contributed by atoms with Crippen LogP contribution in [0.25, 0.3) is 5.65 Å². The third-order valence-corrected chi connectivity index (χ3v) is 5.61. The van der Waals surface area contributed by atoms with Gasteiger partial charge in [-0.1, -0.05) is 35.9 Å². The van der Waals surface area contributed by atoms with Gasteiger partial charge >= 0.3 is 5.97 Å². The SMILES string of the molecule is COC(=O)c1cnc2c(CN3CCCN(Cc4ccc(C)cc4)CC3)cccn12. The quantitative estimate of drug-likeness (QED) is 0.625. The summed E-state index contributed by atoms with van der Waals surface area (Å²) >= 11 is 0. The molecule has 3 aromatic rings. The molecule has 1 saturated heterocycles. The minimum atomic E-state index is -0.365. The van der Waals surface area contributed by atoms with Gasteiger partial charge < -0.3 is 4.74 Å². The van der Waals surface area contributed by atoms with Crippen LogP contribution in [0.4, 0.5) is 0 Å². The van der Waals surface area contributed by atoms with Crippen molar-refractivity contribution in [1.82, 2.24) is 19.2 Å². The number of ether oxygens (including phenoxy) is 1. The van der Waals surface area contributed by atoms with Crippen molar-refractivity contribution >= 4 is 11.6 Å². The first-order valence-corrected chi connectivity index (χ1v) is 10.2. The minimum Gasteiger partial charge on any atom is -0.464 e. The summed E-state index contributed by atoms with van der Waals surface area (Å²) in [5.41, 5.74) is 5.11. The minimum absolute atomic E-state index is 0.365. The molecule has 0 bridgehead atoms. The molecule has 0 amide bonds. The Morgan fingerprint density at radius 3 is 2.48 bits per heavy atom. The first kappa shape index (κ1) is 19.6. The van der Waals surface area contributed by atoms with E-state index < -0.39 is 0 Å². The molecule has 1 aliphatic rings. The van der Waals surface area contributed by atoms with Crippen LogP contribution in [0.3, 0.4) is 0 Å². The molecule has 29 heavy (non-hydrogen) atoms. The molecule has 0 saturated carbocycles. The fourth-order valence-corrected chi connectivity index (χ4v) is 3.98. The van der Waals surface area contributed by atoms with Crippen molar-refractivity contribution in [2.75, 3.05) is 33.3 Å². The highest BCUT2D eigenvalue weighted by atomic mass is 16.5. The van der Waals surface area contributed by atoms with Crippen LogP contribution in [-0.4, -0.2) is 58.4 Å². The Kier molecular flexibility index (Phi) is 5.92. The predicted molar refractivity (Wildman–Crippen MR) is 113 cm³/mol. The number of aryl methyl sites for hydroxylation is 1. The van der Waals surface area contributed by atoms with Crippen molar-refractivity contribution in [1.29, 1.82) is 0 Å². The van der Waals surface area contributed by atoms with Gasteiger partial charge in [-0.15, -0.1) is 0 Å². The first-order chi connectivity index (χ1) is 14.1. The van der Waals surface area contributed by atoms with Crippen LogP contribution in [0.15, 0.2) is 48.8 Å². The van der Waals surface area contributed by atoms with Gasteiger partial charge in [0, 0.05) is 37.9 Å². The van der Waals surface area contributed by atoms with E-state index in [-0.39, 0.29) is 5.97 Å². The van der Waals surface area contributed by atoms with Gasteiger partial charge in [0.25, 0.3) is 0 Å². The molecule has 0 N–H and O–H groups in total. The standard InChI is InChI=1S/C23H28N4O2/c1-18-6-8-19(9-7-18)16-25-10-4-11-26(14-13-25)17-20-5-3-12-27-21(23(28)29-2)15-24-22(20)27/h3,5-9,12,15H,4,10-11,13-14,16-17H2,1-2H3. The molecule has 0 aliphatic carbocycles. The van der Waals surface area contributed by atoms with E-state index in [9.17, 15) is 4.79 Å². The number of aromatic nitrogens is 2. The van der Waals surface area contributed by atoms with E-state index >= 15 is 0 Å². The van der Waals surface area contributed by atoms with Crippen LogP contribution in [0, 0.1) is 6.92 Å². The maximum atomic E-state index is 11.9. The molecular weight excluding hydrogens is 364 g/mol. The number of benzene rings is 1. The summed E-state index contributed by atoms with van der Waals surface area (Å²) in [7, 11) is 1.39. The highest BCUT2D eigenvalue weighted by Gasteiger charge is 2.18. The van der Waals surface area contributed by atoms with Crippen molar-refractivity contribution < 1.29 is 9.53 Å². The molecule has 2 aromatic heterocycles. The Bertz CT molecular complexity index is 980. The molecule has 152 valence electrons. The lowest BCUT2D eigenvalue weighted by Crippen LogP contribution is -2.30. The lowest BCUT2D eigenvalue weighted by molar-refractivity contribution is 0.0593. The number of carbonyl (C=O) groups is 1. The van der Waals surface area contributed by atoms with Gasteiger partial charge in [-0.05, 0) is 38.1 Å². The smallest absolute Gasteiger partial charge is 0.356 e. The zero-order valence-corrected chi connectivity index (χ0v) is 17.2. The lowest BCUT2D eigenvalue weighted by Gasteiger charge is -2.22. The zero-order valence-electron chi connectivity index (χ0n) is 17.2. The Morgan fingerprint density at radius 1 is 1.03 bits per heavy atom. The van der Waals surface area contributed by atoms with E-state index in [1.54, 1.807) is 6.20 Å². The summed E-state index contributed by atoms with van der Waals surface area (Å²) in [6.07, 6.45) is 4.61. The van der Waals surface area contributed by atoms with E-state index in [4.69, 9.17) is 4.74 Å². The molecular formula is C23H28N4O2. The number of pyridine rings is 1. The summed E-state index contributed by atoms with van der Waals surface area (Å²) in [5, 5.41) is 0. The number of esters is 1. The largest absolute Gasteiger partial charge is 0.464 e. The van der Waals surface area contributed by atoms with Crippen molar-refractivity contribution in [3.63, 3.8) is 0 Å². The molecule has 0 spiro atoms. The second-order valence-corrected chi connectivity index (χ2v) is 7.75. The van der Waals surface area contributed by atoms with Gasteiger partial charge in [-0.25, -0.2) is 9.78 Å². The van der Waals surface area contributed by atoms with Gasteiger partial charge in [0.1, 0.15) is 5.65 Å². The summed E-state index contributed by atoms with van der Waals surface area (Å²) in [5.74, 6) is -0.365. The van der Waals surface area contributed by atoms with Crippen LogP contribution in [0.2, 0.25) is 0 Å². The molecule has 1 aromatic carbocycles. The number of fused-ring (bicyclic) bond motifs is 1. The maximum absolute atomic E-state index is 11.9. The average molecular weight is 393 g/mol. The van der Waals surface area contributed by atoms with Crippen LogP contribution >= 0.6 is 0 Å². The fourth-order valence-electron chi connectivity index (χ4n) is 3.98. The first-order valence-electron chi connectivity index (χ1n) is 10.2. The molecule has 0 radical (unpaired) electrons. The molecule has 1 fully saturated rings. The van der Waals surface area contributed by atoms with Crippen LogP contribution in [0.5, 0.6) is 0 Å². The van der Waals surface area contributed by atoms with Gasteiger partial charge in [0.05, 0.1) is 13.3 Å². The molecule has 3 heterocycles. The lowest BCUT2D eigenvalue weighted by atomic mass is 10.1. The summed E-state index contributed by atoms with van der Waals surface area (Å²) in [4.78, 5) is 21.4. The number of imidazole rings is 1. The topological polar surface area (TPSA) is 50.1 Å². The Balaban J connectivity index is 1.42. The van der Waals surface area contributed by atoms with Crippen molar-refractivity contribution in [3.8, 4) is 0 Å². The number of nitrogens with zero attached hydrogens (tertiary/aromatic N) is 4. The Labute approximate surface area is 171 Å². The predicted octanol–water partition coefficient (Wildman–Crippen LogP) is 3.14. The Morgan fingerprint density at radius 2 is 1.76 bits per heavy atom. The zero-order chi connectivity index (χ0) is 20.2. The van der Waals surface area contributed by atoms with E-state index in [1.807, 2.05) is 16.7 Å². The summed E-state index contributed by atoms with van der Waals surface area (Å²) in [6, 6.07) is 12.9. The highest BCUT2D eigenvalue weighted by Crippen LogP contribution is 2.17. The third-order valence-electron chi connectivity index (χ3n) is 5.61. The molecule has 6 heteroatoms. The average Bonchev–Trinajstić information content (AvgIpc) is 3.06. The molecule has 0 unspecified atom stereocenters. The van der Waals surface area contributed by atoms with Crippen LogP contribution < -0.4 is 0 Å². The number of carbonyl (C=O) groups excluding carboxylic acids is 1. The normalized spacial score (nSPS) is 16.1. The second-order valence-electron chi connectivity index (χ2n) is 7.75. The Hall–Kier alpha value is -2.70. The summed E-state index contributed by atoms with van der Waals surface area (Å²) < 4.78 is 6.68. The molecule has 1 aliphatic heterocycles. The molecule has 4 rings (SSSR count). The maximum Gasteiger partial charge on any atom is 0.356 e. The van der Waals surface area contributed by atoms with Crippen LogP contribution in [0.1, 0.15) is 33.6 Å². The van der Waals surface area contributed by atoms with Gasteiger partial charge in [-0.2, -0.15) is 0 Å². The van der Waals surface area contributed by atoms with E-state index in [0.29, 0.717) is 5.69 Å². The molecule has 0 atom stereocenters. The van der Waals surface area contributed by atoms with Crippen molar-refractivity contribution in [2.45, 2.75) is 26.4 Å². The number of rotatable bonds is 5. The van der Waals surface area contributed by atoms with Gasteiger partial charge in [-0.3, -0.25) is 14.2 Å². The second kappa shape index (κ2) is 8.76. The molecule has 6 nitrogen and oxygen atoms in total.